The summed E-state index contributed by atoms with van der Waals surface area (Å²) in [5.74, 6) is 0.787. The molecular formula is C27H31NO. The summed E-state index contributed by atoms with van der Waals surface area (Å²) >= 11 is 0. The van der Waals surface area contributed by atoms with Crippen LogP contribution in [0.5, 0.6) is 0 Å². The average Bonchev–Trinajstić information content (AvgIpc) is 2.73. The Kier molecular flexibility index (Phi) is 6.87. The Morgan fingerprint density at radius 3 is 1.55 bits per heavy atom. The number of para-hydroxylation sites is 1. The molecule has 29 heavy (non-hydrogen) atoms. The fourth-order valence-electron chi connectivity index (χ4n) is 3.87. The van der Waals surface area contributed by atoms with Gasteiger partial charge in [-0.2, -0.15) is 0 Å². The lowest BCUT2D eigenvalue weighted by Crippen LogP contribution is -2.19. The molecule has 0 aliphatic rings. The van der Waals surface area contributed by atoms with Crippen LogP contribution in [0.1, 0.15) is 74.1 Å². The van der Waals surface area contributed by atoms with Gasteiger partial charge in [-0.05, 0) is 34.1 Å². The van der Waals surface area contributed by atoms with Crippen LogP contribution < -0.4 is 5.32 Å². The summed E-state index contributed by atoms with van der Waals surface area (Å²) in [5.41, 5.74) is 5.70. The highest BCUT2D eigenvalue weighted by atomic mass is 16.1. The van der Waals surface area contributed by atoms with Crippen LogP contribution >= 0.6 is 0 Å². The van der Waals surface area contributed by atoms with Crippen LogP contribution in [0.2, 0.25) is 0 Å². The van der Waals surface area contributed by atoms with Gasteiger partial charge in [0, 0.05) is 18.0 Å². The van der Waals surface area contributed by atoms with Gasteiger partial charge in [-0.25, -0.2) is 0 Å². The highest BCUT2D eigenvalue weighted by Crippen LogP contribution is 2.34. The number of anilines is 1. The molecule has 1 amide bonds. The lowest BCUT2D eigenvalue weighted by molar-refractivity contribution is -0.116. The van der Waals surface area contributed by atoms with Gasteiger partial charge in [-0.15, -0.1) is 0 Å². The van der Waals surface area contributed by atoms with Crippen LogP contribution in [-0.2, 0) is 4.79 Å². The van der Waals surface area contributed by atoms with Crippen molar-refractivity contribution >= 4 is 11.6 Å². The van der Waals surface area contributed by atoms with Gasteiger partial charge in [0.05, 0.1) is 0 Å². The first-order valence-corrected chi connectivity index (χ1v) is 10.5. The third-order valence-corrected chi connectivity index (χ3v) is 5.43. The minimum Gasteiger partial charge on any atom is -0.326 e. The molecule has 0 aliphatic carbocycles. The highest BCUT2D eigenvalue weighted by molar-refractivity contribution is 5.93. The molecule has 2 heteroatoms. The fraction of sp³-hybridized carbons (Fsp3) is 0.296. The first-order valence-electron chi connectivity index (χ1n) is 10.5. The van der Waals surface area contributed by atoms with E-state index in [1.165, 1.54) is 11.1 Å². The Morgan fingerprint density at radius 1 is 0.690 bits per heavy atom. The van der Waals surface area contributed by atoms with Gasteiger partial charge in [0.15, 0.2) is 0 Å². The molecular weight excluding hydrogens is 354 g/mol. The van der Waals surface area contributed by atoms with Crippen LogP contribution in [0.15, 0.2) is 78.9 Å². The number of carbonyl (C=O) groups excluding carboxylic acids is 1. The van der Waals surface area contributed by atoms with Gasteiger partial charge in [0.25, 0.3) is 0 Å². The van der Waals surface area contributed by atoms with Gasteiger partial charge in [0.2, 0.25) is 5.91 Å². The molecule has 0 radical (unpaired) electrons. The van der Waals surface area contributed by atoms with Gasteiger partial charge in [-0.3, -0.25) is 4.79 Å². The average molecular weight is 386 g/mol. The van der Waals surface area contributed by atoms with E-state index >= 15 is 0 Å². The maximum absolute atomic E-state index is 13.2. The van der Waals surface area contributed by atoms with Gasteiger partial charge >= 0.3 is 0 Å². The largest absolute Gasteiger partial charge is 0.326 e. The molecule has 0 spiro atoms. The van der Waals surface area contributed by atoms with Crippen molar-refractivity contribution in [3.05, 3.63) is 101 Å². The quantitative estimate of drug-likeness (QED) is 0.462. The number of benzene rings is 3. The van der Waals surface area contributed by atoms with Crippen LogP contribution in [-0.4, -0.2) is 5.91 Å². The van der Waals surface area contributed by atoms with E-state index in [4.69, 9.17) is 0 Å². The zero-order valence-corrected chi connectivity index (χ0v) is 17.9. The SMILES string of the molecule is CC(C)c1cccc(C(C)C)c1NC(=O)CC(c1ccccc1)c1ccccc1. The molecule has 0 unspecified atom stereocenters. The molecule has 1 N–H and O–H groups in total. The van der Waals surface area contributed by atoms with Crippen LogP contribution in [0.3, 0.4) is 0 Å². The topological polar surface area (TPSA) is 29.1 Å². The number of rotatable bonds is 7. The Bertz CT molecular complexity index is 864. The minimum absolute atomic E-state index is 0.0334. The van der Waals surface area contributed by atoms with Gasteiger partial charge < -0.3 is 5.32 Å². The lowest BCUT2D eigenvalue weighted by atomic mass is 9.88. The van der Waals surface area contributed by atoms with Crippen molar-refractivity contribution in [2.45, 2.75) is 51.9 Å². The predicted molar refractivity (Wildman–Crippen MR) is 123 cm³/mol. The molecule has 0 fully saturated rings. The molecule has 0 aromatic heterocycles. The normalized spacial score (nSPS) is 11.3. The van der Waals surface area contributed by atoms with Gasteiger partial charge in [0.1, 0.15) is 0 Å². The maximum Gasteiger partial charge on any atom is 0.225 e. The van der Waals surface area contributed by atoms with E-state index in [9.17, 15) is 4.79 Å². The summed E-state index contributed by atoms with van der Waals surface area (Å²) in [7, 11) is 0. The van der Waals surface area contributed by atoms with Crippen molar-refractivity contribution < 1.29 is 4.79 Å². The van der Waals surface area contributed by atoms with Crippen LogP contribution in [0, 0.1) is 0 Å². The fourth-order valence-corrected chi connectivity index (χ4v) is 3.87. The first-order chi connectivity index (χ1) is 14.0. The molecule has 2 nitrogen and oxygen atoms in total. The molecule has 3 aromatic rings. The van der Waals surface area contributed by atoms with Crippen LogP contribution in [0.4, 0.5) is 5.69 Å². The Morgan fingerprint density at radius 2 is 1.14 bits per heavy atom. The zero-order chi connectivity index (χ0) is 20.8. The second kappa shape index (κ2) is 9.56. The standard InChI is InChI=1S/C27H31NO/c1-19(2)23-16-11-17-24(20(3)4)27(23)28-26(29)18-25(21-12-7-5-8-13-21)22-14-9-6-10-15-22/h5-17,19-20,25H,18H2,1-4H3,(H,28,29). The number of nitrogens with one attached hydrogen (secondary N) is 1. The molecule has 150 valence electrons. The summed E-state index contributed by atoms with van der Waals surface area (Å²) in [6.45, 7) is 8.69. The van der Waals surface area contributed by atoms with E-state index in [0.717, 1.165) is 16.8 Å². The van der Waals surface area contributed by atoms with E-state index in [-0.39, 0.29) is 11.8 Å². The predicted octanol–water partition coefficient (Wildman–Crippen LogP) is 7.09. The van der Waals surface area contributed by atoms with Crippen molar-refractivity contribution in [2.75, 3.05) is 5.32 Å². The summed E-state index contributed by atoms with van der Waals surface area (Å²) in [4.78, 5) is 13.2. The summed E-state index contributed by atoms with van der Waals surface area (Å²) in [6, 6.07) is 26.9. The smallest absolute Gasteiger partial charge is 0.225 e. The number of hydrogen-bond acceptors (Lipinski definition) is 1. The Balaban J connectivity index is 1.91. The summed E-state index contributed by atoms with van der Waals surface area (Å²) in [6.07, 6.45) is 0.415. The molecule has 0 saturated heterocycles. The number of hydrogen-bond donors (Lipinski definition) is 1. The third kappa shape index (κ3) is 5.14. The van der Waals surface area contributed by atoms with E-state index in [2.05, 4.69) is 75.5 Å². The molecule has 3 aromatic carbocycles. The highest BCUT2D eigenvalue weighted by Gasteiger charge is 2.21. The van der Waals surface area contributed by atoms with Gasteiger partial charge in [-0.1, -0.05) is 107 Å². The van der Waals surface area contributed by atoms with Crippen molar-refractivity contribution in [1.29, 1.82) is 0 Å². The van der Waals surface area contributed by atoms with E-state index in [1.54, 1.807) is 0 Å². The van der Waals surface area contributed by atoms with Crippen molar-refractivity contribution in [3.63, 3.8) is 0 Å². The van der Waals surface area contributed by atoms with E-state index in [0.29, 0.717) is 18.3 Å². The third-order valence-electron chi connectivity index (χ3n) is 5.43. The monoisotopic (exact) mass is 385 g/mol. The molecule has 3 rings (SSSR count). The molecule has 0 bridgehead atoms. The zero-order valence-electron chi connectivity index (χ0n) is 17.9. The summed E-state index contributed by atoms with van der Waals surface area (Å²) < 4.78 is 0. The minimum atomic E-state index is 0.0334. The summed E-state index contributed by atoms with van der Waals surface area (Å²) in [5, 5.41) is 3.27. The first kappa shape index (κ1) is 20.9. The molecule has 0 heterocycles. The maximum atomic E-state index is 13.2. The number of amides is 1. The molecule has 0 saturated carbocycles. The lowest BCUT2D eigenvalue weighted by Gasteiger charge is -2.22. The van der Waals surface area contributed by atoms with Crippen molar-refractivity contribution in [3.8, 4) is 0 Å². The van der Waals surface area contributed by atoms with Crippen molar-refractivity contribution in [2.24, 2.45) is 0 Å². The Labute approximate surface area is 175 Å². The molecule has 0 aliphatic heterocycles. The molecule has 0 atom stereocenters. The van der Waals surface area contributed by atoms with E-state index < -0.39 is 0 Å². The van der Waals surface area contributed by atoms with Crippen molar-refractivity contribution in [1.82, 2.24) is 0 Å². The number of carbonyl (C=O) groups is 1. The Hall–Kier alpha value is -2.87. The van der Waals surface area contributed by atoms with E-state index in [1.807, 2.05) is 36.4 Å². The second-order valence-corrected chi connectivity index (χ2v) is 8.25. The second-order valence-electron chi connectivity index (χ2n) is 8.25. The van der Waals surface area contributed by atoms with Crippen LogP contribution in [0.25, 0.3) is 0 Å².